The van der Waals surface area contributed by atoms with Gasteiger partial charge in [-0.15, -0.1) is 0 Å². The van der Waals surface area contributed by atoms with E-state index in [4.69, 9.17) is 0 Å². The molecule has 0 fully saturated rings. The van der Waals surface area contributed by atoms with Gasteiger partial charge in [-0.2, -0.15) is 0 Å². The molecule has 106 valence electrons. The molecule has 0 aromatic rings. The third kappa shape index (κ3) is 5.86. The maximum absolute atomic E-state index is 11.8. The van der Waals surface area contributed by atoms with Crippen molar-refractivity contribution in [2.45, 2.75) is 51.9 Å². The number of rotatable bonds is 9. The Balaban J connectivity index is 2.27. The molecular weight excluding hydrogens is 240 g/mol. The van der Waals surface area contributed by atoms with E-state index >= 15 is 0 Å². The van der Waals surface area contributed by atoms with Gasteiger partial charge in [0.1, 0.15) is 0 Å². The summed E-state index contributed by atoms with van der Waals surface area (Å²) in [5, 5.41) is 10.3. The standard InChI is InChI=1S/C16H24O3/c1-2-3-5-9-14-13(11-12-15(14)17)8-6-4-7-10-16(18)19/h3,5,11-14H,2,4,6-10H2,1H3,(H,18,19)/p-1/b5-3-/t13-,14-/m0/s1. The number of allylic oxidation sites excluding steroid dienone is 4. The Morgan fingerprint density at radius 1 is 1.32 bits per heavy atom. The number of carbonyl (C=O) groups excluding carboxylic acids is 2. The van der Waals surface area contributed by atoms with Gasteiger partial charge in [0.2, 0.25) is 0 Å². The minimum atomic E-state index is -0.974. The maximum Gasteiger partial charge on any atom is 0.159 e. The summed E-state index contributed by atoms with van der Waals surface area (Å²) in [7, 11) is 0. The van der Waals surface area contributed by atoms with Gasteiger partial charge in [-0.05, 0) is 44.1 Å². The first-order valence-electron chi connectivity index (χ1n) is 7.22. The molecule has 0 saturated carbocycles. The van der Waals surface area contributed by atoms with E-state index in [0.717, 1.165) is 32.1 Å². The molecule has 0 spiro atoms. The van der Waals surface area contributed by atoms with Crippen LogP contribution in [-0.2, 0) is 9.59 Å². The molecule has 0 unspecified atom stereocenters. The molecule has 2 atom stereocenters. The molecule has 0 N–H and O–H groups in total. The average molecular weight is 263 g/mol. The minimum Gasteiger partial charge on any atom is -0.550 e. The van der Waals surface area contributed by atoms with Crippen LogP contribution in [0.2, 0.25) is 0 Å². The lowest BCUT2D eigenvalue weighted by Gasteiger charge is -2.16. The highest BCUT2D eigenvalue weighted by Gasteiger charge is 2.28. The van der Waals surface area contributed by atoms with Crippen LogP contribution in [0.3, 0.4) is 0 Å². The van der Waals surface area contributed by atoms with E-state index in [0.29, 0.717) is 12.3 Å². The van der Waals surface area contributed by atoms with Crippen LogP contribution >= 0.6 is 0 Å². The Kier molecular flexibility index (Phi) is 7.16. The van der Waals surface area contributed by atoms with Crippen molar-refractivity contribution in [2.75, 3.05) is 0 Å². The summed E-state index contributed by atoms with van der Waals surface area (Å²) in [5.74, 6) is -0.306. The second-order valence-corrected chi connectivity index (χ2v) is 5.12. The van der Waals surface area contributed by atoms with Crippen LogP contribution in [-0.4, -0.2) is 11.8 Å². The molecule has 3 heteroatoms. The smallest absolute Gasteiger partial charge is 0.159 e. The highest BCUT2D eigenvalue weighted by molar-refractivity contribution is 5.94. The van der Waals surface area contributed by atoms with Gasteiger partial charge in [-0.3, -0.25) is 4.79 Å². The number of hydrogen-bond acceptors (Lipinski definition) is 3. The van der Waals surface area contributed by atoms with Gasteiger partial charge >= 0.3 is 0 Å². The summed E-state index contributed by atoms with van der Waals surface area (Å²) in [4.78, 5) is 22.0. The van der Waals surface area contributed by atoms with Gasteiger partial charge in [0.05, 0.1) is 0 Å². The van der Waals surface area contributed by atoms with E-state index in [1.54, 1.807) is 6.08 Å². The molecule has 0 radical (unpaired) electrons. The summed E-state index contributed by atoms with van der Waals surface area (Å²) in [6.45, 7) is 2.08. The summed E-state index contributed by atoms with van der Waals surface area (Å²) in [6, 6.07) is 0. The lowest BCUT2D eigenvalue weighted by atomic mass is 9.87. The molecule has 0 aromatic heterocycles. The molecular formula is C16H23O3-. The predicted octanol–water partition coefficient (Wildman–Crippen LogP) is 2.41. The van der Waals surface area contributed by atoms with E-state index in [1.165, 1.54) is 0 Å². The van der Waals surface area contributed by atoms with Crippen LogP contribution in [0.15, 0.2) is 24.3 Å². The second-order valence-electron chi connectivity index (χ2n) is 5.12. The fourth-order valence-corrected chi connectivity index (χ4v) is 2.51. The maximum atomic E-state index is 11.8. The first-order valence-corrected chi connectivity index (χ1v) is 7.22. The van der Waals surface area contributed by atoms with Crippen molar-refractivity contribution in [3.63, 3.8) is 0 Å². The topological polar surface area (TPSA) is 57.2 Å². The van der Waals surface area contributed by atoms with Gasteiger partial charge in [-0.1, -0.05) is 38.0 Å². The van der Waals surface area contributed by atoms with E-state index in [9.17, 15) is 14.7 Å². The zero-order valence-electron chi connectivity index (χ0n) is 11.6. The van der Waals surface area contributed by atoms with Crippen molar-refractivity contribution in [2.24, 2.45) is 11.8 Å². The van der Waals surface area contributed by atoms with Crippen LogP contribution in [0, 0.1) is 11.8 Å². The van der Waals surface area contributed by atoms with Gasteiger partial charge in [0.25, 0.3) is 0 Å². The van der Waals surface area contributed by atoms with Crippen molar-refractivity contribution in [1.29, 1.82) is 0 Å². The molecule has 0 aromatic carbocycles. The first kappa shape index (κ1) is 15.7. The average Bonchev–Trinajstić information content (AvgIpc) is 2.71. The summed E-state index contributed by atoms with van der Waals surface area (Å²) >= 11 is 0. The van der Waals surface area contributed by atoms with Crippen molar-refractivity contribution in [1.82, 2.24) is 0 Å². The van der Waals surface area contributed by atoms with Crippen LogP contribution in [0.25, 0.3) is 0 Å². The Morgan fingerprint density at radius 3 is 2.79 bits per heavy atom. The SMILES string of the molecule is CC/C=C\C[C@@H]1C(=O)C=C[C@@H]1CCCCCC(=O)[O-]. The van der Waals surface area contributed by atoms with Crippen molar-refractivity contribution in [3.05, 3.63) is 24.3 Å². The second kappa shape index (κ2) is 8.68. The summed E-state index contributed by atoms with van der Waals surface area (Å²) in [6.07, 6.45) is 13.4. The van der Waals surface area contributed by atoms with Crippen LogP contribution in [0.4, 0.5) is 0 Å². The van der Waals surface area contributed by atoms with Crippen LogP contribution in [0.1, 0.15) is 51.9 Å². The number of carboxylic acids is 1. The van der Waals surface area contributed by atoms with Gasteiger partial charge < -0.3 is 9.90 Å². The highest BCUT2D eigenvalue weighted by atomic mass is 16.4. The zero-order chi connectivity index (χ0) is 14.1. The largest absolute Gasteiger partial charge is 0.550 e. The molecule has 0 saturated heterocycles. The molecule has 0 aliphatic heterocycles. The molecule has 0 heterocycles. The number of ketones is 1. The lowest BCUT2D eigenvalue weighted by Crippen LogP contribution is -2.21. The monoisotopic (exact) mass is 263 g/mol. The summed E-state index contributed by atoms with van der Waals surface area (Å²) in [5.41, 5.74) is 0. The van der Waals surface area contributed by atoms with E-state index in [1.807, 2.05) is 6.08 Å². The molecule has 19 heavy (non-hydrogen) atoms. The zero-order valence-corrected chi connectivity index (χ0v) is 11.6. The fourth-order valence-electron chi connectivity index (χ4n) is 2.51. The highest BCUT2D eigenvalue weighted by Crippen LogP contribution is 2.30. The van der Waals surface area contributed by atoms with E-state index < -0.39 is 5.97 Å². The predicted molar refractivity (Wildman–Crippen MR) is 73.3 cm³/mol. The van der Waals surface area contributed by atoms with Gasteiger partial charge in [-0.25, -0.2) is 0 Å². The normalized spacial score (nSPS) is 22.5. The minimum absolute atomic E-state index is 0.101. The third-order valence-corrected chi connectivity index (χ3v) is 3.60. The molecule has 1 aliphatic rings. The summed E-state index contributed by atoms with van der Waals surface area (Å²) < 4.78 is 0. The van der Waals surface area contributed by atoms with Crippen molar-refractivity contribution in [3.8, 4) is 0 Å². The Hall–Kier alpha value is -1.38. The molecule has 1 rings (SSSR count). The van der Waals surface area contributed by atoms with E-state index in [-0.39, 0.29) is 18.1 Å². The van der Waals surface area contributed by atoms with Crippen molar-refractivity contribution < 1.29 is 14.7 Å². The van der Waals surface area contributed by atoms with Gasteiger partial charge in [0, 0.05) is 11.9 Å². The Bertz CT molecular complexity index is 355. The number of aliphatic carboxylic acids is 1. The van der Waals surface area contributed by atoms with Crippen LogP contribution in [0.5, 0.6) is 0 Å². The number of carbonyl (C=O) groups is 2. The fraction of sp³-hybridized carbons (Fsp3) is 0.625. The third-order valence-electron chi connectivity index (χ3n) is 3.60. The molecule has 0 amide bonds. The number of carboxylic acid groups (broad SMARTS) is 1. The quantitative estimate of drug-likeness (QED) is 0.474. The van der Waals surface area contributed by atoms with Crippen LogP contribution < -0.4 is 5.11 Å². The van der Waals surface area contributed by atoms with Crippen molar-refractivity contribution >= 4 is 11.8 Å². The molecule has 0 bridgehead atoms. The Morgan fingerprint density at radius 2 is 2.11 bits per heavy atom. The Labute approximate surface area is 115 Å². The van der Waals surface area contributed by atoms with E-state index in [2.05, 4.69) is 19.1 Å². The molecule has 1 aliphatic carbocycles. The number of hydrogen-bond donors (Lipinski definition) is 0. The number of unbranched alkanes of at least 4 members (excludes halogenated alkanes) is 2. The van der Waals surface area contributed by atoms with Gasteiger partial charge in [0.15, 0.2) is 5.78 Å². The lowest BCUT2D eigenvalue weighted by molar-refractivity contribution is -0.305. The molecule has 3 nitrogen and oxygen atoms in total. The first-order chi connectivity index (χ1) is 9.15.